The van der Waals surface area contributed by atoms with Crippen LogP contribution in [-0.2, 0) is 7.05 Å². The lowest BCUT2D eigenvalue weighted by Gasteiger charge is -2.13. The van der Waals surface area contributed by atoms with E-state index >= 15 is 0 Å². The lowest BCUT2D eigenvalue weighted by molar-refractivity contribution is -0.647. The van der Waals surface area contributed by atoms with E-state index in [1.54, 1.807) is 0 Å². The van der Waals surface area contributed by atoms with Crippen molar-refractivity contribution in [3.8, 4) is 0 Å². The fourth-order valence-corrected chi connectivity index (χ4v) is 6.47. The highest BCUT2D eigenvalue weighted by Gasteiger charge is 2.28. The van der Waals surface area contributed by atoms with Crippen LogP contribution in [0.3, 0.4) is 0 Å². The summed E-state index contributed by atoms with van der Waals surface area (Å²) in [4.78, 5) is 3.73. The summed E-state index contributed by atoms with van der Waals surface area (Å²) in [5.41, 5.74) is 5.26. The van der Waals surface area contributed by atoms with Crippen LogP contribution in [0.5, 0.6) is 0 Å². The first-order valence-corrected chi connectivity index (χ1v) is 12.7. The second-order valence-electron chi connectivity index (χ2n) is 7.09. The highest BCUT2D eigenvalue weighted by Crippen LogP contribution is 2.54. The Kier molecular flexibility index (Phi) is 7.45. The summed E-state index contributed by atoms with van der Waals surface area (Å²) in [6.45, 7) is 12.5. The van der Waals surface area contributed by atoms with Crippen LogP contribution in [0.1, 0.15) is 44.5 Å². The van der Waals surface area contributed by atoms with Crippen LogP contribution in [0.4, 0.5) is 5.00 Å². The molecule has 0 radical (unpaired) electrons. The number of hydrogen-bond donors (Lipinski definition) is 0. The summed E-state index contributed by atoms with van der Waals surface area (Å²) in [6, 6.07) is 17.4. The van der Waals surface area contributed by atoms with Crippen LogP contribution in [0.2, 0.25) is 0 Å². The summed E-state index contributed by atoms with van der Waals surface area (Å²) in [6.07, 6.45) is 2.35. The summed E-state index contributed by atoms with van der Waals surface area (Å²) in [5, 5.41) is 5.34. The van der Waals surface area contributed by atoms with Gasteiger partial charge in [-0.25, -0.2) is 0 Å². The van der Waals surface area contributed by atoms with Crippen molar-refractivity contribution in [1.29, 1.82) is 0 Å². The molecule has 4 aromatic rings. The van der Waals surface area contributed by atoms with E-state index in [0.29, 0.717) is 0 Å². The number of anilines is 1. The molecule has 2 nitrogen and oxygen atoms in total. The van der Waals surface area contributed by atoms with Gasteiger partial charge < -0.3 is 4.90 Å². The van der Waals surface area contributed by atoms with Crippen LogP contribution in [-0.4, -0.2) is 7.05 Å². The summed E-state index contributed by atoms with van der Waals surface area (Å²) in [5.74, 6) is 0. The molecule has 5 rings (SSSR count). The minimum Gasteiger partial charge on any atom is -0.330 e. The predicted molar refractivity (Wildman–Crippen MR) is 141 cm³/mol. The average Bonchev–Trinajstić information content (AvgIpc) is 3.34. The molecule has 0 aliphatic carbocycles. The Morgan fingerprint density at radius 3 is 2.16 bits per heavy atom. The minimum absolute atomic E-state index is 1.28. The van der Waals surface area contributed by atoms with Gasteiger partial charge >= 0.3 is 0 Å². The number of thioether (sulfide) groups is 1. The van der Waals surface area contributed by atoms with Gasteiger partial charge in [0.05, 0.1) is 9.92 Å². The number of aryl methyl sites for hydroxylation is 2. The Morgan fingerprint density at radius 2 is 1.45 bits per heavy atom. The second-order valence-corrected chi connectivity index (χ2v) is 9.15. The molecule has 31 heavy (non-hydrogen) atoms. The molecule has 1 aliphatic heterocycles. The molecule has 0 spiro atoms. The first kappa shape index (κ1) is 23.4. The van der Waals surface area contributed by atoms with Crippen molar-refractivity contribution >= 4 is 55.2 Å². The fraction of sp³-hybridized carbons (Fsp3) is 0.296. The van der Waals surface area contributed by atoms with Gasteiger partial charge in [0.1, 0.15) is 12.0 Å². The molecule has 0 atom stereocenters. The number of thiophene rings is 1. The zero-order chi connectivity index (χ0) is 22.7. The summed E-state index contributed by atoms with van der Waals surface area (Å²) >= 11 is 3.77. The van der Waals surface area contributed by atoms with E-state index in [0.717, 1.165) is 0 Å². The number of aromatic nitrogens is 1. The smallest absolute Gasteiger partial charge is 0.213 e. The number of fused-ring (bicyclic) bond motifs is 4. The van der Waals surface area contributed by atoms with Gasteiger partial charge in [0.25, 0.3) is 0 Å². The Balaban J connectivity index is 0.000000645. The Bertz CT molecular complexity index is 1250. The predicted octanol–water partition coefficient (Wildman–Crippen LogP) is 8.09. The van der Waals surface area contributed by atoms with E-state index in [4.69, 9.17) is 0 Å². The number of nitrogens with zero attached hydrogens (tertiary/aromatic N) is 2. The van der Waals surface area contributed by atoms with Gasteiger partial charge in [-0.1, -0.05) is 69.8 Å². The first-order chi connectivity index (χ1) is 15.1. The van der Waals surface area contributed by atoms with Crippen molar-refractivity contribution in [3.63, 3.8) is 0 Å². The highest BCUT2D eigenvalue weighted by molar-refractivity contribution is 8.04. The zero-order valence-corrected chi connectivity index (χ0v) is 21.5. The van der Waals surface area contributed by atoms with Gasteiger partial charge in [0, 0.05) is 40.2 Å². The molecule has 4 heteroatoms. The van der Waals surface area contributed by atoms with Crippen molar-refractivity contribution in [3.05, 3.63) is 70.4 Å². The second kappa shape index (κ2) is 9.88. The van der Waals surface area contributed by atoms with Gasteiger partial charge in [-0.15, -0.1) is 11.3 Å². The van der Waals surface area contributed by atoms with Crippen LogP contribution in [0.25, 0.3) is 27.1 Å². The van der Waals surface area contributed by atoms with Crippen molar-refractivity contribution in [2.45, 2.75) is 46.4 Å². The van der Waals surface area contributed by atoms with Crippen LogP contribution in [0.15, 0.2) is 58.5 Å². The van der Waals surface area contributed by atoms with Crippen LogP contribution >= 0.6 is 23.1 Å². The highest BCUT2D eigenvalue weighted by atomic mass is 32.2. The Morgan fingerprint density at radius 1 is 0.839 bits per heavy atom. The molecule has 0 amide bonds. The van der Waals surface area contributed by atoms with Gasteiger partial charge in [0.15, 0.2) is 0 Å². The van der Waals surface area contributed by atoms with Crippen molar-refractivity contribution in [1.82, 2.24) is 0 Å². The summed E-state index contributed by atoms with van der Waals surface area (Å²) < 4.78 is 3.69. The number of rotatable bonds is 1. The van der Waals surface area contributed by atoms with Crippen LogP contribution < -0.4 is 9.47 Å². The van der Waals surface area contributed by atoms with Crippen molar-refractivity contribution < 1.29 is 4.57 Å². The number of benzene rings is 2. The van der Waals surface area contributed by atoms with E-state index in [9.17, 15) is 0 Å². The Hall–Kier alpha value is -2.30. The van der Waals surface area contributed by atoms with E-state index < -0.39 is 0 Å². The van der Waals surface area contributed by atoms with E-state index in [2.05, 4.69) is 92.0 Å². The first-order valence-electron chi connectivity index (χ1n) is 11.1. The fourth-order valence-electron chi connectivity index (χ4n) is 3.91. The van der Waals surface area contributed by atoms with Gasteiger partial charge in [-0.3, -0.25) is 0 Å². The molecule has 1 aliphatic rings. The number of pyridine rings is 1. The lowest BCUT2D eigenvalue weighted by atomic mass is 10.0. The molecule has 2 aromatic carbocycles. The van der Waals surface area contributed by atoms with E-state index in [1.165, 1.54) is 52.7 Å². The number of para-hydroxylation sites is 1. The zero-order valence-electron chi connectivity index (χ0n) is 19.9. The largest absolute Gasteiger partial charge is 0.330 e. The molecular formula is C27H33N2S2+. The molecule has 3 heterocycles. The molecule has 0 unspecified atom stereocenters. The molecular weight excluding hydrogens is 416 g/mol. The maximum Gasteiger partial charge on any atom is 0.213 e. The Labute approximate surface area is 195 Å². The van der Waals surface area contributed by atoms with Crippen molar-refractivity contribution in [2.24, 2.45) is 7.05 Å². The van der Waals surface area contributed by atoms with E-state index in [-0.39, 0.29) is 0 Å². The molecule has 0 fully saturated rings. The topological polar surface area (TPSA) is 7.12 Å². The van der Waals surface area contributed by atoms with Crippen molar-refractivity contribution in [2.75, 3.05) is 11.9 Å². The minimum atomic E-state index is 1.28. The molecule has 162 valence electrons. The number of hydrogen-bond acceptors (Lipinski definition) is 3. The van der Waals surface area contributed by atoms with Gasteiger partial charge in [0.2, 0.25) is 11.2 Å². The maximum absolute atomic E-state index is 2.35. The molecule has 0 saturated carbocycles. The monoisotopic (exact) mass is 449 g/mol. The molecule has 0 bridgehead atoms. The van der Waals surface area contributed by atoms with Gasteiger partial charge in [-0.05, 0) is 31.5 Å². The molecule has 0 saturated heterocycles. The van der Waals surface area contributed by atoms with Crippen LogP contribution in [0, 0.1) is 13.8 Å². The average molecular weight is 450 g/mol. The maximum atomic E-state index is 2.35. The third-order valence-corrected chi connectivity index (χ3v) is 8.21. The standard InChI is InChI=1S/C23H21N2S2.2C2H6/c1-14-15(2)19(24(3)18-11-7-5-9-16(14)18)13-21-25(4)23-22(27-21)17-10-6-8-12-20(17)26-23;2*1-2/h5-13H,1-4H3;2*1-2H3/q+1;;. The third-order valence-electron chi connectivity index (χ3n) is 5.61. The molecule has 0 N–H and O–H groups in total. The normalized spacial score (nSPS) is 13.7. The van der Waals surface area contributed by atoms with Gasteiger partial charge in [-0.2, -0.15) is 4.57 Å². The van der Waals surface area contributed by atoms with E-state index in [1.807, 2.05) is 50.8 Å². The SMILES string of the molecule is CC.CC.Cc1c(C)c2ccccc2[n+](C)c1C=C1Sc2c(sc3ccccc23)N1C. The quantitative estimate of drug-likeness (QED) is 0.271. The summed E-state index contributed by atoms with van der Waals surface area (Å²) in [7, 11) is 4.36. The molecule has 2 aromatic heterocycles. The third kappa shape index (κ3) is 3.99. The lowest BCUT2D eigenvalue weighted by Crippen LogP contribution is -2.34.